The van der Waals surface area contributed by atoms with Crippen molar-refractivity contribution in [2.24, 2.45) is 0 Å². The summed E-state index contributed by atoms with van der Waals surface area (Å²) in [5.74, 6) is 0.200. The first kappa shape index (κ1) is 24.4. The lowest BCUT2D eigenvalue weighted by Crippen LogP contribution is -2.21. The number of aromatic amines is 1. The van der Waals surface area contributed by atoms with Gasteiger partial charge in [-0.1, -0.05) is 19.4 Å². The first-order valence-corrected chi connectivity index (χ1v) is 12.6. The molecule has 1 aliphatic rings. The van der Waals surface area contributed by atoms with Crippen LogP contribution in [0, 0.1) is 5.82 Å². The molecule has 39 heavy (non-hydrogen) atoms. The van der Waals surface area contributed by atoms with Gasteiger partial charge in [0.1, 0.15) is 22.9 Å². The third-order valence-corrected chi connectivity index (χ3v) is 6.44. The summed E-state index contributed by atoms with van der Waals surface area (Å²) in [6.45, 7) is 2.43. The fourth-order valence-corrected chi connectivity index (χ4v) is 4.53. The number of nitrogens with zero attached hydrogens (tertiary/aromatic N) is 4. The van der Waals surface area contributed by atoms with Crippen LogP contribution in [0.1, 0.15) is 37.6 Å². The average molecular weight is 525 g/mol. The number of fused-ring (bicyclic) bond motifs is 2. The standard InChI is InChI=1S/C28H25FN8O2/c1-2-3-4-22(38)34-18-11-17(12-30-13-18)20-14-32-28-23(24(20)29)19(5-9-33-37-28)27-35-21-6-8-31-25(26(21)36-27)16-7-10-39-15-16/h5-8,10-15,33H,2-4,9H2,1H3,(H,32,37)(H,34,38)(H,35,36). The number of carbonyl (C=O) groups excluding carboxylic acids is 1. The number of hydrogen-bond acceptors (Lipinski definition) is 8. The molecule has 0 bridgehead atoms. The van der Waals surface area contributed by atoms with Crippen molar-refractivity contribution < 1.29 is 13.6 Å². The van der Waals surface area contributed by atoms with E-state index in [0.717, 1.165) is 23.9 Å². The average Bonchev–Trinajstić information content (AvgIpc) is 3.58. The minimum absolute atomic E-state index is 0.106. The van der Waals surface area contributed by atoms with Crippen LogP contribution in [0.15, 0.2) is 66.0 Å². The first-order valence-electron chi connectivity index (χ1n) is 12.6. The molecule has 11 heteroatoms. The number of aromatic nitrogens is 5. The van der Waals surface area contributed by atoms with E-state index in [2.05, 4.69) is 36.1 Å². The monoisotopic (exact) mass is 524 g/mol. The highest BCUT2D eigenvalue weighted by molar-refractivity contribution is 5.94. The number of hydrogen-bond donors (Lipinski definition) is 4. The second kappa shape index (κ2) is 10.5. The van der Waals surface area contributed by atoms with Gasteiger partial charge in [-0.3, -0.25) is 14.8 Å². The van der Waals surface area contributed by atoms with Gasteiger partial charge in [-0.25, -0.2) is 19.8 Å². The molecule has 4 N–H and O–H groups in total. The van der Waals surface area contributed by atoms with Crippen molar-refractivity contribution in [3.8, 4) is 22.4 Å². The predicted octanol–water partition coefficient (Wildman–Crippen LogP) is 5.30. The molecule has 0 fully saturated rings. The summed E-state index contributed by atoms with van der Waals surface area (Å²) in [6, 6.07) is 5.33. The number of imidazole rings is 1. The number of unbranched alkanes of at least 4 members (excludes halogenated alkanes) is 1. The number of hydrazine groups is 1. The maximum atomic E-state index is 16.3. The van der Waals surface area contributed by atoms with Crippen molar-refractivity contribution in [3.63, 3.8) is 0 Å². The first-order chi connectivity index (χ1) is 19.1. The van der Waals surface area contributed by atoms with Gasteiger partial charge in [0.15, 0.2) is 5.82 Å². The third kappa shape index (κ3) is 4.75. The van der Waals surface area contributed by atoms with Gasteiger partial charge < -0.3 is 20.1 Å². The van der Waals surface area contributed by atoms with Crippen molar-refractivity contribution in [2.45, 2.75) is 26.2 Å². The van der Waals surface area contributed by atoms with Crippen molar-refractivity contribution in [3.05, 3.63) is 78.8 Å². The quantitative estimate of drug-likeness (QED) is 0.225. The molecule has 0 unspecified atom stereocenters. The van der Waals surface area contributed by atoms with Gasteiger partial charge >= 0.3 is 0 Å². The molecule has 5 aromatic rings. The largest absolute Gasteiger partial charge is 0.472 e. The Morgan fingerprint density at radius 2 is 2.10 bits per heavy atom. The Bertz CT molecular complexity index is 1690. The molecule has 0 atom stereocenters. The van der Waals surface area contributed by atoms with E-state index < -0.39 is 5.82 Å². The fraction of sp³-hybridized carbons (Fsp3) is 0.179. The highest BCUT2D eigenvalue weighted by Crippen LogP contribution is 2.37. The van der Waals surface area contributed by atoms with E-state index in [-0.39, 0.29) is 17.0 Å². The second-order valence-corrected chi connectivity index (χ2v) is 9.10. The van der Waals surface area contributed by atoms with E-state index in [4.69, 9.17) is 9.40 Å². The minimum atomic E-state index is -0.493. The molecule has 6 rings (SSSR count). The lowest BCUT2D eigenvalue weighted by atomic mass is 10.00. The summed E-state index contributed by atoms with van der Waals surface area (Å²) < 4.78 is 21.6. The number of H-pyrrole nitrogens is 1. The third-order valence-electron chi connectivity index (χ3n) is 6.44. The SMILES string of the molecule is CCCCC(=O)Nc1cncc(-c2cnc3c(c2F)C(c2nc4c(-c5ccoc5)nccc4[nH]2)=CCNN3)c1. The molecule has 0 spiro atoms. The van der Waals surface area contributed by atoms with E-state index in [1.54, 1.807) is 37.2 Å². The summed E-state index contributed by atoms with van der Waals surface area (Å²) in [6.07, 6.45) is 13.4. The highest BCUT2D eigenvalue weighted by Gasteiger charge is 2.25. The molecule has 10 nitrogen and oxygen atoms in total. The zero-order valence-electron chi connectivity index (χ0n) is 21.1. The summed E-state index contributed by atoms with van der Waals surface area (Å²) in [4.78, 5) is 33.5. The number of nitrogens with one attached hydrogen (secondary N) is 4. The van der Waals surface area contributed by atoms with Gasteiger partial charge in [0.05, 0.1) is 35.5 Å². The Balaban J connectivity index is 1.41. The van der Waals surface area contributed by atoms with E-state index >= 15 is 4.39 Å². The number of rotatable bonds is 7. The molecule has 6 heterocycles. The van der Waals surface area contributed by atoms with E-state index in [9.17, 15) is 4.79 Å². The van der Waals surface area contributed by atoms with Crippen LogP contribution in [0.2, 0.25) is 0 Å². The molecule has 1 aliphatic heterocycles. The predicted molar refractivity (Wildman–Crippen MR) is 146 cm³/mol. The number of anilines is 2. The van der Waals surface area contributed by atoms with Gasteiger partial charge in [0, 0.05) is 53.8 Å². The lowest BCUT2D eigenvalue weighted by molar-refractivity contribution is -0.116. The molecule has 0 saturated heterocycles. The molecule has 1 amide bonds. The molecular weight excluding hydrogens is 499 g/mol. The zero-order chi connectivity index (χ0) is 26.8. The Labute approximate surface area is 222 Å². The number of amides is 1. The number of halogens is 1. The fourth-order valence-electron chi connectivity index (χ4n) is 4.53. The molecule has 196 valence electrons. The Hall–Kier alpha value is -4.90. The van der Waals surface area contributed by atoms with Crippen LogP contribution in [0.3, 0.4) is 0 Å². The topological polar surface area (TPSA) is 134 Å². The lowest BCUT2D eigenvalue weighted by Gasteiger charge is -2.14. The van der Waals surface area contributed by atoms with Crippen LogP contribution in [-0.2, 0) is 4.79 Å². The van der Waals surface area contributed by atoms with Gasteiger partial charge in [-0.2, -0.15) is 0 Å². The second-order valence-electron chi connectivity index (χ2n) is 9.10. The van der Waals surface area contributed by atoms with Crippen LogP contribution in [0.5, 0.6) is 0 Å². The summed E-state index contributed by atoms with van der Waals surface area (Å²) in [7, 11) is 0. The van der Waals surface area contributed by atoms with E-state index in [0.29, 0.717) is 52.6 Å². The van der Waals surface area contributed by atoms with E-state index in [1.165, 1.54) is 6.20 Å². The Morgan fingerprint density at radius 3 is 2.95 bits per heavy atom. The number of carbonyl (C=O) groups is 1. The Morgan fingerprint density at radius 1 is 1.18 bits per heavy atom. The van der Waals surface area contributed by atoms with Crippen molar-refractivity contribution in [1.29, 1.82) is 0 Å². The van der Waals surface area contributed by atoms with Gasteiger partial charge in [-0.05, 0) is 24.6 Å². The van der Waals surface area contributed by atoms with Crippen LogP contribution in [0.4, 0.5) is 15.9 Å². The smallest absolute Gasteiger partial charge is 0.224 e. The molecule has 0 aliphatic carbocycles. The maximum absolute atomic E-state index is 16.3. The molecular formula is C28H25FN8O2. The number of pyridine rings is 3. The normalized spacial score (nSPS) is 12.9. The highest BCUT2D eigenvalue weighted by atomic mass is 19.1. The number of furan rings is 1. The minimum Gasteiger partial charge on any atom is -0.472 e. The molecule has 0 radical (unpaired) electrons. The summed E-state index contributed by atoms with van der Waals surface area (Å²) in [5.41, 5.74) is 10.9. The van der Waals surface area contributed by atoms with Gasteiger partial charge in [0.25, 0.3) is 0 Å². The van der Waals surface area contributed by atoms with Crippen molar-refractivity contribution in [1.82, 2.24) is 30.3 Å². The van der Waals surface area contributed by atoms with Gasteiger partial charge in [0.2, 0.25) is 5.91 Å². The van der Waals surface area contributed by atoms with E-state index in [1.807, 2.05) is 25.1 Å². The van der Waals surface area contributed by atoms with Crippen LogP contribution in [0.25, 0.3) is 39.0 Å². The maximum Gasteiger partial charge on any atom is 0.224 e. The van der Waals surface area contributed by atoms with Crippen LogP contribution < -0.4 is 16.2 Å². The summed E-state index contributed by atoms with van der Waals surface area (Å²) >= 11 is 0. The molecule has 5 aromatic heterocycles. The molecule has 0 saturated carbocycles. The molecule has 0 aromatic carbocycles. The van der Waals surface area contributed by atoms with Crippen LogP contribution >= 0.6 is 0 Å². The summed E-state index contributed by atoms with van der Waals surface area (Å²) in [5, 5.41) is 2.84. The zero-order valence-corrected chi connectivity index (χ0v) is 21.1. The van der Waals surface area contributed by atoms with Gasteiger partial charge in [-0.15, -0.1) is 0 Å². The Kier molecular flexibility index (Phi) is 6.55. The van der Waals surface area contributed by atoms with Crippen molar-refractivity contribution in [2.75, 3.05) is 17.3 Å². The van der Waals surface area contributed by atoms with Crippen molar-refractivity contribution >= 4 is 34.0 Å². The van der Waals surface area contributed by atoms with Crippen LogP contribution in [-0.4, -0.2) is 37.4 Å².